The highest BCUT2D eigenvalue weighted by molar-refractivity contribution is 6.33. The molecule has 1 aromatic carbocycles. The van der Waals surface area contributed by atoms with Gasteiger partial charge in [-0.15, -0.1) is 0 Å². The summed E-state index contributed by atoms with van der Waals surface area (Å²) in [6.07, 6.45) is -6.08. The van der Waals surface area contributed by atoms with Crippen molar-refractivity contribution in [3.63, 3.8) is 0 Å². The SMILES string of the molecule is O=C(CCC(F)(F)F)Cc1cc(Cl)ccc1Cl. The van der Waals surface area contributed by atoms with E-state index in [4.69, 9.17) is 23.2 Å². The lowest BCUT2D eigenvalue weighted by molar-refractivity contribution is -0.143. The van der Waals surface area contributed by atoms with Gasteiger partial charge in [0.25, 0.3) is 0 Å². The van der Waals surface area contributed by atoms with Crippen LogP contribution in [0.4, 0.5) is 13.2 Å². The van der Waals surface area contributed by atoms with Crippen molar-refractivity contribution in [2.75, 3.05) is 0 Å². The number of benzene rings is 1. The molecule has 0 unspecified atom stereocenters. The summed E-state index contributed by atoms with van der Waals surface area (Å²) >= 11 is 11.5. The maximum Gasteiger partial charge on any atom is 0.389 e. The highest BCUT2D eigenvalue weighted by atomic mass is 35.5. The fourth-order valence-electron chi connectivity index (χ4n) is 1.26. The van der Waals surface area contributed by atoms with E-state index in [0.717, 1.165) is 0 Å². The van der Waals surface area contributed by atoms with Crippen molar-refractivity contribution in [1.82, 2.24) is 0 Å². The van der Waals surface area contributed by atoms with Crippen molar-refractivity contribution in [3.8, 4) is 0 Å². The molecular weight excluding hydrogens is 276 g/mol. The molecular formula is C11H9Cl2F3O. The molecule has 0 radical (unpaired) electrons. The predicted octanol–water partition coefficient (Wildman–Crippen LogP) is 4.45. The summed E-state index contributed by atoms with van der Waals surface area (Å²) in [5, 5.41) is 0.725. The minimum atomic E-state index is -4.31. The van der Waals surface area contributed by atoms with E-state index in [-0.39, 0.29) is 6.42 Å². The number of ketones is 1. The lowest BCUT2D eigenvalue weighted by Gasteiger charge is -2.06. The second-order valence-electron chi connectivity index (χ2n) is 3.57. The van der Waals surface area contributed by atoms with E-state index in [1.807, 2.05) is 0 Å². The molecule has 1 aromatic rings. The quantitative estimate of drug-likeness (QED) is 0.798. The smallest absolute Gasteiger partial charge is 0.299 e. The molecule has 0 aliphatic carbocycles. The van der Waals surface area contributed by atoms with Crippen molar-refractivity contribution in [2.24, 2.45) is 0 Å². The molecule has 0 aliphatic rings. The van der Waals surface area contributed by atoms with Gasteiger partial charge >= 0.3 is 6.18 Å². The number of rotatable bonds is 4. The molecule has 0 fully saturated rings. The molecule has 0 saturated carbocycles. The van der Waals surface area contributed by atoms with Gasteiger partial charge in [0.2, 0.25) is 0 Å². The molecule has 0 N–H and O–H groups in total. The Morgan fingerprint density at radius 1 is 1.24 bits per heavy atom. The Morgan fingerprint density at radius 2 is 1.88 bits per heavy atom. The van der Waals surface area contributed by atoms with Crippen molar-refractivity contribution in [1.29, 1.82) is 0 Å². The zero-order valence-electron chi connectivity index (χ0n) is 8.65. The van der Waals surface area contributed by atoms with E-state index in [2.05, 4.69) is 0 Å². The topological polar surface area (TPSA) is 17.1 Å². The van der Waals surface area contributed by atoms with Crippen LogP contribution >= 0.6 is 23.2 Å². The molecule has 0 spiro atoms. The number of hydrogen-bond donors (Lipinski definition) is 0. The lowest BCUT2D eigenvalue weighted by Crippen LogP contribution is -2.12. The second kappa shape index (κ2) is 5.74. The van der Waals surface area contributed by atoms with Gasteiger partial charge in [0.1, 0.15) is 5.78 Å². The third-order valence-electron chi connectivity index (χ3n) is 2.08. The second-order valence-corrected chi connectivity index (χ2v) is 4.41. The highest BCUT2D eigenvalue weighted by Gasteiger charge is 2.27. The molecule has 0 aliphatic heterocycles. The summed E-state index contributed by atoms with van der Waals surface area (Å²) in [5.41, 5.74) is 0.450. The Morgan fingerprint density at radius 3 is 2.47 bits per heavy atom. The van der Waals surface area contributed by atoms with Crippen LogP contribution in [-0.4, -0.2) is 12.0 Å². The standard InChI is InChI=1S/C11H9Cl2F3O/c12-8-1-2-10(13)7(5-8)6-9(17)3-4-11(14,15)16/h1-2,5H,3-4,6H2. The van der Waals surface area contributed by atoms with Gasteiger partial charge in [-0.3, -0.25) is 4.79 Å². The van der Waals surface area contributed by atoms with Crippen molar-refractivity contribution in [3.05, 3.63) is 33.8 Å². The fraction of sp³-hybridized carbons (Fsp3) is 0.364. The van der Waals surface area contributed by atoms with Gasteiger partial charge < -0.3 is 0 Å². The first-order chi connectivity index (χ1) is 7.78. The molecule has 0 atom stereocenters. The average molecular weight is 285 g/mol. The van der Waals surface area contributed by atoms with Gasteiger partial charge in [0.15, 0.2) is 0 Å². The highest BCUT2D eigenvalue weighted by Crippen LogP contribution is 2.24. The summed E-state index contributed by atoms with van der Waals surface area (Å²) in [4.78, 5) is 11.3. The summed E-state index contributed by atoms with van der Waals surface area (Å²) in [7, 11) is 0. The average Bonchev–Trinajstić information content (AvgIpc) is 2.20. The van der Waals surface area contributed by atoms with Crippen molar-refractivity contribution < 1.29 is 18.0 Å². The molecule has 0 aromatic heterocycles. The van der Waals surface area contributed by atoms with Crippen LogP contribution in [0.3, 0.4) is 0 Å². The van der Waals surface area contributed by atoms with Crippen LogP contribution in [0.1, 0.15) is 18.4 Å². The van der Waals surface area contributed by atoms with Gasteiger partial charge in [0, 0.05) is 22.9 Å². The molecule has 1 rings (SSSR count). The van der Waals surface area contributed by atoms with Crippen LogP contribution in [0.2, 0.25) is 10.0 Å². The normalized spacial score (nSPS) is 11.6. The van der Waals surface area contributed by atoms with E-state index in [9.17, 15) is 18.0 Å². The molecule has 0 amide bonds. The first-order valence-corrected chi connectivity index (χ1v) is 5.56. The van der Waals surface area contributed by atoms with Crippen LogP contribution in [0.15, 0.2) is 18.2 Å². The Kier molecular flexibility index (Phi) is 4.83. The number of alkyl halides is 3. The van der Waals surface area contributed by atoms with Gasteiger partial charge in [-0.25, -0.2) is 0 Å². The van der Waals surface area contributed by atoms with Crippen LogP contribution in [0.25, 0.3) is 0 Å². The van der Waals surface area contributed by atoms with Crippen LogP contribution in [0, 0.1) is 0 Å². The van der Waals surface area contributed by atoms with Crippen molar-refractivity contribution in [2.45, 2.75) is 25.4 Å². The van der Waals surface area contributed by atoms with Gasteiger partial charge in [-0.2, -0.15) is 13.2 Å². The number of carbonyl (C=O) groups excluding carboxylic acids is 1. The summed E-state index contributed by atoms with van der Waals surface area (Å²) in [6.45, 7) is 0. The molecule has 0 bridgehead atoms. The van der Waals surface area contributed by atoms with Crippen LogP contribution in [0.5, 0.6) is 0 Å². The predicted molar refractivity (Wildman–Crippen MR) is 60.5 cm³/mol. The maximum absolute atomic E-state index is 11.9. The fourth-order valence-corrected chi connectivity index (χ4v) is 1.64. The van der Waals surface area contributed by atoms with E-state index in [1.54, 1.807) is 6.07 Å². The molecule has 0 heterocycles. The van der Waals surface area contributed by atoms with Crippen molar-refractivity contribution >= 4 is 29.0 Å². The largest absolute Gasteiger partial charge is 0.389 e. The summed E-state index contributed by atoms with van der Waals surface area (Å²) in [6, 6.07) is 4.54. The maximum atomic E-state index is 11.9. The van der Waals surface area contributed by atoms with E-state index < -0.39 is 24.8 Å². The Balaban J connectivity index is 2.59. The Labute approximate surface area is 107 Å². The third-order valence-corrected chi connectivity index (χ3v) is 2.69. The van der Waals surface area contributed by atoms with Gasteiger partial charge in [-0.05, 0) is 23.8 Å². The minimum absolute atomic E-state index is 0.129. The zero-order valence-corrected chi connectivity index (χ0v) is 10.2. The summed E-state index contributed by atoms with van der Waals surface area (Å²) in [5.74, 6) is -0.508. The molecule has 17 heavy (non-hydrogen) atoms. The number of halogens is 5. The van der Waals surface area contributed by atoms with Crippen LogP contribution in [-0.2, 0) is 11.2 Å². The lowest BCUT2D eigenvalue weighted by atomic mass is 10.1. The zero-order chi connectivity index (χ0) is 13.1. The first-order valence-electron chi connectivity index (χ1n) is 4.80. The number of carbonyl (C=O) groups is 1. The van der Waals surface area contributed by atoms with E-state index in [0.29, 0.717) is 15.6 Å². The molecule has 1 nitrogen and oxygen atoms in total. The third kappa shape index (κ3) is 5.41. The van der Waals surface area contributed by atoms with Gasteiger partial charge in [-0.1, -0.05) is 23.2 Å². The monoisotopic (exact) mass is 284 g/mol. The minimum Gasteiger partial charge on any atom is -0.299 e. The van der Waals surface area contributed by atoms with Crippen LogP contribution < -0.4 is 0 Å². The van der Waals surface area contributed by atoms with Gasteiger partial charge in [0.05, 0.1) is 6.42 Å². The summed E-state index contributed by atoms with van der Waals surface area (Å²) < 4.78 is 35.7. The molecule has 94 valence electrons. The first kappa shape index (κ1) is 14.3. The number of hydrogen-bond acceptors (Lipinski definition) is 1. The Bertz CT molecular complexity index is 416. The van der Waals surface area contributed by atoms with E-state index >= 15 is 0 Å². The Hall–Kier alpha value is -0.740. The number of Topliss-reactive ketones (excluding diaryl/α,β-unsaturated/α-hetero) is 1. The van der Waals surface area contributed by atoms with E-state index in [1.165, 1.54) is 12.1 Å². The molecule has 6 heteroatoms. The molecule has 0 saturated heterocycles.